The maximum atomic E-state index is 2.88. The quantitative estimate of drug-likeness (QED) is 0.537. The summed E-state index contributed by atoms with van der Waals surface area (Å²) < 4.78 is 0. The Kier molecular flexibility index (Phi) is 11.3. The van der Waals surface area contributed by atoms with E-state index in [4.69, 9.17) is 0 Å². The minimum Gasteiger partial charge on any atom is -0.0711 e. The van der Waals surface area contributed by atoms with E-state index in [2.05, 4.69) is 64.3 Å². The van der Waals surface area contributed by atoms with Crippen LogP contribution >= 0.6 is 0 Å². The maximum Gasteiger partial charge on any atom is 1.00 e. The molecule has 1 aromatic carbocycles. The third-order valence-electron chi connectivity index (χ3n) is 11.2. The Bertz CT molecular complexity index is 747. The fourth-order valence-electron chi connectivity index (χ4n) is 8.58. The van der Waals surface area contributed by atoms with Gasteiger partial charge in [0.15, 0.2) is 0 Å². The van der Waals surface area contributed by atoms with E-state index in [1.807, 2.05) is 0 Å². The van der Waals surface area contributed by atoms with Crippen molar-refractivity contribution in [3.8, 4) is 0 Å². The largest absolute Gasteiger partial charge is 1.00 e. The molecule has 0 spiro atoms. The van der Waals surface area contributed by atoms with Crippen molar-refractivity contribution in [2.75, 3.05) is 0 Å². The normalized spacial score (nSPS) is 32.1. The second-order valence-electron chi connectivity index (χ2n) is 12.9. The Hall–Kier alpha value is 0.849. The van der Waals surface area contributed by atoms with E-state index in [1.165, 1.54) is 38.5 Å². The van der Waals surface area contributed by atoms with Gasteiger partial charge in [-0.15, -0.1) is 0 Å². The Morgan fingerprint density at radius 1 is 0.818 bits per heavy atom. The molecule has 0 amide bonds. The molecule has 0 radical (unpaired) electrons. The van der Waals surface area contributed by atoms with Crippen molar-refractivity contribution in [3.05, 3.63) is 35.4 Å². The zero-order valence-electron chi connectivity index (χ0n) is 23.6. The molecule has 1 aromatic rings. The molecule has 4 rings (SSSR count). The third-order valence-corrected chi connectivity index (χ3v) is 31.9. The summed E-state index contributed by atoms with van der Waals surface area (Å²) in [5, 5.41) is 0. The fraction of sp³-hybridized carbons (Fsp3) is 0.793. The molecule has 0 bridgehead atoms. The van der Waals surface area contributed by atoms with E-state index < -0.39 is 15.2 Å². The summed E-state index contributed by atoms with van der Waals surface area (Å²) in [5.74, 6) is 3.95. The molecule has 174 valence electrons. The molecule has 3 aliphatic rings. The van der Waals surface area contributed by atoms with Gasteiger partial charge in [-0.25, -0.2) is 0 Å². The molecule has 0 aliphatic heterocycles. The first-order valence-corrected chi connectivity index (χ1v) is 21.0. The first kappa shape index (κ1) is 30.1. The molecule has 0 N–H and O–H groups in total. The molecule has 4 heteroatoms. The molecular weight excluding hydrogens is 418 g/mol. The second-order valence-corrected chi connectivity index (χ2v) is 29.0. The van der Waals surface area contributed by atoms with Crippen molar-refractivity contribution in [2.45, 2.75) is 128 Å². The molecule has 6 atom stereocenters. The first-order valence-electron chi connectivity index (χ1n) is 13.8. The van der Waals surface area contributed by atoms with Crippen LogP contribution in [0, 0.1) is 24.7 Å². The van der Waals surface area contributed by atoms with Crippen LogP contribution in [0.2, 0.25) is 37.3 Å². The van der Waals surface area contributed by atoms with Crippen molar-refractivity contribution in [1.29, 1.82) is 0 Å². The van der Waals surface area contributed by atoms with E-state index in [9.17, 15) is 0 Å². The number of hydrogen-bond acceptors (Lipinski definition) is 0. The van der Waals surface area contributed by atoms with Gasteiger partial charge in [-0.1, -0.05) is 115 Å². The number of aryl methyl sites for hydroxylation is 1. The maximum absolute atomic E-state index is 2.88. The average Bonchev–Trinajstić information content (AvgIpc) is 3.40. The summed E-state index contributed by atoms with van der Waals surface area (Å²) in [7, 11) is -2.43. The Balaban J connectivity index is 0.00000193. The second kappa shape index (κ2) is 12.4. The summed E-state index contributed by atoms with van der Waals surface area (Å²) in [6.45, 7) is 16.2. The summed E-state index contributed by atoms with van der Waals surface area (Å²) in [4.78, 5) is 0. The zero-order chi connectivity index (χ0) is 22.2. The van der Waals surface area contributed by atoms with Crippen molar-refractivity contribution in [3.63, 3.8) is 0 Å². The molecule has 3 aliphatic carbocycles. The Morgan fingerprint density at radius 3 is 2.24 bits per heavy atom. The van der Waals surface area contributed by atoms with Gasteiger partial charge in [-0.3, -0.25) is 0 Å². The molecule has 0 nitrogen and oxygen atoms in total. The molecule has 0 saturated heterocycles. The van der Waals surface area contributed by atoms with Gasteiger partial charge in [0.25, 0.3) is 0 Å². The van der Waals surface area contributed by atoms with Crippen LogP contribution in [0.5, 0.6) is 0 Å². The van der Waals surface area contributed by atoms with Crippen LogP contribution in [-0.2, 0) is 0 Å². The van der Waals surface area contributed by atoms with Crippen molar-refractivity contribution in [1.82, 2.24) is 0 Å². The number of fused-ring (bicyclic) bond motifs is 1. The van der Waals surface area contributed by atoms with Crippen LogP contribution in [0.15, 0.2) is 24.3 Å². The zero-order valence-corrected chi connectivity index (χ0v) is 25.6. The first-order chi connectivity index (χ1) is 14.8. The minimum absolute atomic E-state index is 0. The molecule has 3 saturated carbocycles. The monoisotopic (exact) mass is 468 g/mol. The smallest absolute Gasteiger partial charge is 0.0711 e. The van der Waals surface area contributed by atoms with Crippen LogP contribution in [-0.4, -0.2) is 15.2 Å². The molecule has 0 heterocycles. The Labute approximate surface area is 232 Å². The summed E-state index contributed by atoms with van der Waals surface area (Å²) in [6.07, 6.45) is 16.7. The average molecular weight is 469 g/mol. The van der Waals surface area contributed by atoms with Gasteiger partial charge >= 0.3 is 37.7 Å². The predicted molar refractivity (Wildman–Crippen MR) is 143 cm³/mol. The van der Waals surface area contributed by atoms with Gasteiger partial charge in [-0.05, 0) is 65.6 Å². The van der Waals surface area contributed by atoms with Gasteiger partial charge < -0.3 is 0 Å². The number of unbranched alkanes of at least 4 members (excludes halogenated alkanes) is 1. The Morgan fingerprint density at radius 2 is 1.55 bits per heavy atom. The van der Waals surface area contributed by atoms with E-state index in [0.717, 1.165) is 34.8 Å². The van der Waals surface area contributed by atoms with Crippen molar-refractivity contribution in [2.24, 2.45) is 17.8 Å². The standard InChI is InChI=1S/C29H50Si2.2Li/c1-7-8-13-23-17-18-24(21-23)30(3,4)31(5,6)29-20-19-27-26(15-11-16-28(27)29)25-14-10-9-12-22(25)2;;/h9-10,12,14,23-24,26-29H,7-8,11,13,15-21H2,1-6H3;;/q;2*+1. The van der Waals surface area contributed by atoms with Gasteiger partial charge in [0.2, 0.25) is 0 Å². The van der Waals surface area contributed by atoms with Crippen molar-refractivity contribution < 1.29 is 37.7 Å². The van der Waals surface area contributed by atoms with Crippen molar-refractivity contribution >= 4 is 15.2 Å². The van der Waals surface area contributed by atoms with E-state index in [-0.39, 0.29) is 37.7 Å². The predicted octanol–water partition coefficient (Wildman–Crippen LogP) is 3.52. The van der Waals surface area contributed by atoms with Crippen LogP contribution < -0.4 is 37.7 Å². The molecule has 33 heavy (non-hydrogen) atoms. The summed E-state index contributed by atoms with van der Waals surface area (Å²) in [6, 6.07) is 9.35. The van der Waals surface area contributed by atoms with Crippen LogP contribution in [0.1, 0.15) is 94.6 Å². The van der Waals surface area contributed by atoms with Gasteiger partial charge in [0.05, 0.1) is 0 Å². The molecule has 3 fully saturated rings. The topological polar surface area (TPSA) is 0 Å². The third kappa shape index (κ3) is 5.89. The minimum atomic E-state index is -1.24. The molecular formula is C29H50Li2Si2+2. The summed E-state index contributed by atoms with van der Waals surface area (Å²) >= 11 is 0. The number of rotatable bonds is 7. The van der Waals surface area contributed by atoms with E-state index in [0.29, 0.717) is 0 Å². The number of hydrogen-bond donors (Lipinski definition) is 0. The van der Waals surface area contributed by atoms with Crippen LogP contribution in [0.3, 0.4) is 0 Å². The van der Waals surface area contributed by atoms with Gasteiger partial charge in [-0.2, -0.15) is 0 Å². The van der Waals surface area contributed by atoms with Crippen LogP contribution in [0.4, 0.5) is 0 Å². The number of benzene rings is 1. The fourth-order valence-corrected chi connectivity index (χ4v) is 22.7. The molecule has 6 unspecified atom stereocenters. The van der Waals surface area contributed by atoms with Crippen LogP contribution in [0.25, 0.3) is 0 Å². The molecule has 0 aromatic heterocycles. The SMILES string of the molecule is CCCCC1CCC([Si](C)(C)[Si](C)(C)C2CCC3C(c4ccccc4C)CCCC32)C1.[Li+].[Li+]. The van der Waals surface area contributed by atoms with E-state index in [1.54, 1.807) is 43.2 Å². The van der Waals surface area contributed by atoms with E-state index >= 15 is 0 Å². The van der Waals surface area contributed by atoms with Gasteiger partial charge in [0.1, 0.15) is 0 Å². The van der Waals surface area contributed by atoms with Gasteiger partial charge in [0, 0.05) is 15.2 Å². The summed E-state index contributed by atoms with van der Waals surface area (Å²) in [5.41, 5.74) is 5.49.